The molecule has 5 heteroatoms. The van der Waals surface area contributed by atoms with Crippen LogP contribution in [0.2, 0.25) is 0 Å². The van der Waals surface area contributed by atoms with Crippen molar-refractivity contribution in [3.8, 4) is 11.5 Å². The normalized spacial score (nSPS) is 10.3. The number of rotatable bonds is 8. The highest BCUT2D eigenvalue weighted by atomic mass is 16.5. The zero-order chi connectivity index (χ0) is 14.1. The summed E-state index contributed by atoms with van der Waals surface area (Å²) in [7, 11) is 5.63. The molecule has 1 N–H and O–H groups in total. The van der Waals surface area contributed by atoms with Crippen molar-refractivity contribution in [2.24, 2.45) is 0 Å². The van der Waals surface area contributed by atoms with Crippen molar-refractivity contribution in [2.45, 2.75) is 6.42 Å². The topological polar surface area (TPSA) is 50.8 Å². The molecule has 0 radical (unpaired) electrons. The molecule has 0 saturated carbocycles. The van der Waals surface area contributed by atoms with Gasteiger partial charge in [0.05, 0.1) is 7.11 Å². The van der Waals surface area contributed by atoms with Crippen LogP contribution in [-0.4, -0.2) is 51.7 Å². The molecule has 19 heavy (non-hydrogen) atoms. The van der Waals surface area contributed by atoms with Crippen LogP contribution in [0.4, 0.5) is 0 Å². The summed E-state index contributed by atoms with van der Waals surface area (Å²) in [5.74, 6) is 1.32. The third-order valence-electron chi connectivity index (χ3n) is 2.53. The highest BCUT2D eigenvalue weighted by Crippen LogP contribution is 2.16. The summed E-state index contributed by atoms with van der Waals surface area (Å²) < 4.78 is 10.4. The summed E-state index contributed by atoms with van der Waals surface area (Å²) in [6.07, 6.45) is 0.932. The van der Waals surface area contributed by atoms with Gasteiger partial charge in [-0.15, -0.1) is 0 Å². The highest BCUT2D eigenvalue weighted by Gasteiger charge is 2.02. The molecule has 0 saturated heterocycles. The maximum atomic E-state index is 11.5. The van der Waals surface area contributed by atoms with Gasteiger partial charge in [-0.1, -0.05) is 0 Å². The van der Waals surface area contributed by atoms with Gasteiger partial charge in [0.25, 0.3) is 5.91 Å². The Morgan fingerprint density at radius 1 is 1.21 bits per heavy atom. The van der Waals surface area contributed by atoms with Crippen LogP contribution in [0.3, 0.4) is 0 Å². The van der Waals surface area contributed by atoms with Crippen LogP contribution in [0.1, 0.15) is 6.42 Å². The largest absolute Gasteiger partial charge is 0.497 e. The fourth-order valence-electron chi connectivity index (χ4n) is 1.49. The Morgan fingerprint density at radius 3 is 2.42 bits per heavy atom. The number of nitrogens with zero attached hydrogens (tertiary/aromatic N) is 1. The van der Waals surface area contributed by atoms with E-state index in [-0.39, 0.29) is 12.5 Å². The number of amides is 1. The van der Waals surface area contributed by atoms with Gasteiger partial charge in [-0.25, -0.2) is 0 Å². The van der Waals surface area contributed by atoms with Crippen molar-refractivity contribution in [1.82, 2.24) is 10.2 Å². The van der Waals surface area contributed by atoms with E-state index < -0.39 is 0 Å². The average molecular weight is 266 g/mol. The molecule has 0 aliphatic carbocycles. The van der Waals surface area contributed by atoms with E-state index in [4.69, 9.17) is 9.47 Å². The molecule has 0 heterocycles. The van der Waals surface area contributed by atoms with Crippen molar-refractivity contribution >= 4 is 5.91 Å². The van der Waals surface area contributed by atoms with Gasteiger partial charge < -0.3 is 19.7 Å². The minimum atomic E-state index is -0.102. The summed E-state index contributed by atoms with van der Waals surface area (Å²) in [6.45, 7) is 1.66. The standard InChI is InChI=1S/C14H22N2O3/c1-16(2)10-4-9-15-14(17)11-19-13-7-5-12(18-3)6-8-13/h5-8H,4,9-11H2,1-3H3,(H,15,17). The lowest BCUT2D eigenvalue weighted by molar-refractivity contribution is -0.123. The second-order valence-corrected chi connectivity index (χ2v) is 4.47. The zero-order valence-electron chi connectivity index (χ0n) is 11.8. The molecule has 0 spiro atoms. The Balaban J connectivity index is 2.18. The van der Waals surface area contributed by atoms with Gasteiger partial charge in [-0.2, -0.15) is 0 Å². The summed E-state index contributed by atoms with van der Waals surface area (Å²) in [5, 5.41) is 2.82. The third kappa shape index (κ3) is 6.67. The molecule has 1 aromatic rings. The van der Waals surface area contributed by atoms with E-state index in [1.165, 1.54) is 0 Å². The van der Waals surface area contributed by atoms with Gasteiger partial charge in [-0.3, -0.25) is 4.79 Å². The summed E-state index contributed by atoms with van der Waals surface area (Å²) in [5.41, 5.74) is 0. The van der Waals surface area contributed by atoms with E-state index in [1.54, 1.807) is 31.4 Å². The van der Waals surface area contributed by atoms with Gasteiger partial charge >= 0.3 is 0 Å². The molecule has 5 nitrogen and oxygen atoms in total. The van der Waals surface area contributed by atoms with Crippen molar-refractivity contribution in [2.75, 3.05) is 40.9 Å². The Morgan fingerprint density at radius 2 is 1.84 bits per heavy atom. The molecule has 106 valence electrons. The van der Waals surface area contributed by atoms with Crippen LogP contribution >= 0.6 is 0 Å². The van der Waals surface area contributed by atoms with Gasteiger partial charge in [-0.05, 0) is 51.3 Å². The number of carbonyl (C=O) groups excluding carboxylic acids is 1. The fraction of sp³-hybridized carbons (Fsp3) is 0.500. The summed E-state index contributed by atoms with van der Waals surface area (Å²) in [4.78, 5) is 13.6. The Labute approximate surface area is 114 Å². The summed E-state index contributed by atoms with van der Waals surface area (Å²) in [6, 6.07) is 7.14. The first kappa shape index (κ1) is 15.3. The maximum absolute atomic E-state index is 11.5. The first-order valence-corrected chi connectivity index (χ1v) is 6.30. The predicted octanol–water partition coefficient (Wildman–Crippen LogP) is 1.14. The van der Waals surface area contributed by atoms with E-state index in [9.17, 15) is 4.79 Å². The van der Waals surface area contributed by atoms with Crippen LogP contribution in [0.15, 0.2) is 24.3 Å². The summed E-state index contributed by atoms with van der Waals surface area (Å²) >= 11 is 0. The van der Waals surface area contributed by atoms with Crippen molar-refractivity contribution in [3.63, 3.8) is 0 Å². The van der Waals surface area contributed by atoms with E-state index in [0.29, 0.717) is 12.3 Å². The number of carbonyl (C=O) groups is 1. The molecule has 0 unspecified atom stereocenters. The van der Waals surface area contributed by atoms with Gasteiger partial charge in [0.1, 0.15) is 11.5 Å². The van der Waals surface area contributed by atoms with Crippen LogP contribution in [0.5, 0.6) is 11.5 Å². The fourth-order valence-corrected chi connectivity index (χ4v) is 1.49. The van der Waals surface area contributed by atoms with Crippen molar-refractivity contribution in [1.29, 1.82) is 0 Å². The Bertz CT molecular complexity index is 377. The number of nitrogens with one attached hydrogen (secondary N) is 1. The molecule has 1 amide bonds. The molecular weight excluding hydrogens is 244 g/mol. The zero-order valence-corrected chi connectivity index (χ0v) is 11.8. The lowest BCUT2D eigenvalue weighted by Gasteiger charge is -2.10. The van der Waals surface area contributed by atoms with Gasteiger partial charge in [0.2, 0.25) is 0 Å². The van der Waals surface area contributed by atoms with Crippen LogP contribution < -0.4 is 14.8 Å². The predicted molar refractivity (Wildman–Crippen MR) is 74.7 cm³/mol. The van der Waals surface area contributed by atoms with Crippen LogP contribution in [0, 0.1) is 0 Å². The molecule has 1 rings (SSSR count). The van der Waals surface area contributed by atoms with Crippen LogP contribution in [-0.2, 0) is 4.79 Å². The van der Waals surface area contributed by atoms with Crippen molar-refractivity contribution in [3.05, 3.63) is 24.3 Å². The molecule has 0 aliphatic heterocycles. The number of benzene rings is 1. The van der Waals surface area contributed by atoms with E-state index >= 15 is 0 Å². The monoisotopic (exact) mass is 266 g/mol. The van der Waals surface area contributed by atoms with Gasteiger partial charge in [0.15, 0.2) is 6.61 Å². The highest BCUT2D eigenvalue weighted by molar-refractivity contribution is 5.77. The Hall–Kier alpha value is -1.75. The number of methoxy groups -OCH3 is 1. The lowest BCUT2D eigenvalue weighted by Crippen LogP contribution is -2.31. The number of ether oxygens (including phenoxy) is 2. The maximum Gasteiger partial charge on any atom is 0.257 e. The quantitative estimate of drug-likeness (QED) is 0.717. The van der Waals surface area contributed by atoms with E-state index in [2.05, 4.69) is 10.2 Å². The van der Waals surface area contributed by atoms with E-state index in [1.807, 2.05) is 14.1 Å². The second-order valence-electron chi connectivity index (χ2n) is 4.47. The third-order valence-corrected chi connectivity index (χ3v) is 2.53. The average Bonchev–Trinajstić information content (AvgIpc) is 2.41. The number of hydrogen-bond acceptors (Lipinski definition) is 4. The van der Waals surface area contributed by atoms with Crippen molar-refractivity contribution < 1.29 is 14.3 Å². The molecular formula is C14H22N2O3. The Kier molecular flexibility index (Phi) is 6.74. The smallest absolute Gasteiger partial charge is 0.257 e. The van der Waals surface area contributed by atoms with E-state index in [0.717, 1.165) is 18.7 Å². The SMILES string of the molecule is COc1ccc(OCC(=O)NCCCN(C)C)cc1. The molecule has 0 bridgehead atoms. The molecule has 0 fully saturated rings. The van der Waals surface area contributed by atoms with Crippen LogP contribution in [0.25, 0.3) is 0 Å². The minimum absolute atomic E-state index is 0.0360. The first-order chi connectivity index (χ1) is 9.11. The molecule has 0 aliphatic rings. The molecule has 0 aromatic heterocycles. The lowest BCUT2D eigenvalue weighted by atomic mass is 10.3. The first-order valence-electron chi connectivity index (χ1n) is 6.30. The molecule has 1 aromatic carbocycles. The molecule has 0 atom stereocenters. The minimum Gasteiger partial charge on any atom is -0.497 e. The number of hydrogen-bond donors (Lipinski definition) is 1. The second kappa shape index (κ2) is 8.37. The van der Waals surface area contributed by atoms with Gasteiger partial charge in [0, 0.05) is 6.54 Å².